The monoisotopic (exact) mass is 295 g/mol. The Morgan fingerprint density at radius 1 is 0.864 bits per heavy atom. The fraction of sp³-hybridized carbons (Fsp3) is 0.263. The molecule has 0 radical (unpaired) electrons. The molecule has 3 heteroatoms. The first-order valence-electron chi connectivity index (χ1n) is 7.32. The zero-order valence-corrected chi connectivity index (χ0v) is 13.5. The van der Waals surface area contributed by atoms with E-state index in [0.29, 0.717) is 0 Å². The fourth-order valence-corrected chi connectivity index (χ4v) is 2.38. The van der Waals surface area contributed by atoms with E-state index in [1.54, 1.807) is 0 Å². The minimum atomic E-state index is -0.411. The Balaban J connectivity index is 2.44. The fourth-order valence-electron chi connectivity index (χ4n) is 2.38. The van der Waals surface area contributed by atoms with E-state index in [0.717, 1.165) is 16.8 Å². The van der Waals surface area contributed by atoms with Crippen molar-refractivity contribution in [1.82, 2.24) is 0 Å². The number of carbonyl (C=O) groups is 1. The van der Waals surface area contributed by atoms with E-state index in [-0.39, 0.29) is 5.92 Å². The lowest BCUT2D eigenvalue weighted by molar-refractivity contribution is -0.140. The van der Waals surface area contributed by atoms with Crippen molar-refractivity contribution in [3.8, 4) is 0 Å². The van der Waals surface area contributed by atoms with Gasteiger partial charge in [-0.2, -0.15) is 0 Å². The summed E-state index contributed by atoms with van der Waals surface area (Å²) >= 11 is 0. The van der Waals surface area contributed by atoms with E-state index in [1.165, 1.54) is 18.1 Å². The van der Waals surface area contributed by atoms with Crippen molar-refractivity contribution >= 4 is 11.7 Å². The zero-order chi connectivity index (χ0) is 16.1. The van der Waals surface area contributed by atoms with Crippen LogP contribution in [0.2, 0.25) is 0 Å². The maximum atomic E-state index is 11.0. The van der Waals surface area contributed by atoms with E-state index < -0.39 is 5.97 Å². The van der Waals surface area contributed by atoms with Crippen molar-refractivity contribution < 1.29 is 9.63 Å². The van der Waals surface area contributed by atoms with Crippen LogP contribution in [0.15, 0.2) is 53.7 Å². The molecular formula is C19H21NO2. The number of aryl methyl sites for hydroxylation is 2. The van der Waals surface area contributed by atoms with Crippen molar-refractivity contribution in [3.05, 3.63) is 70.8 Å². The van der Waals surface area contributed by atoms with Crippen LogP contribution in [0.5, 0.6) is 0 Å². The summed E-state index contributed by atoms with van der Waals surface area (Å²) in [7, 11) is 0. The van der Waals surface area contributed by atoms with Crippen LogP contribution in [-0.2, 0) is 9.63 Å². The van der Waals surface area contributed by atoms with E-state index in [4.69, 9.17) is 4.84 Å². The van der Waals surface area contributed by atoms with Crippen LogP contribution in [0.3, 0.4) is 0 Å². The second-order valence-electron chi connectivity index (χ2n) is 5.57. The highest BCUT2D eigenvalue weighted by Gasteiger charge is 2.18. The number of benzene rings is 2. The number of nitrogens with zero attached hydrogens (tertiary/aromatic N) is 1. The number of hydrogen-bond donors (Lipinski definition) is 0. The van der Waals surface area contributed by atoms with Gasteiger partial charge < -0.3 is 4.84 Å². The molecule has 0 fully saturated rings. The average Bonchev–Trinajstić information content (AvgIpc) is 2.49. The van der Waals surface area contributed by atoms with E-state index in [1.807, 2.05) is 6.92 Å². The summed E-state index contributed by atoms with van der Waals surface area (Å²) in [6, 6.07) is 16.7. The summed E-state index contributed by atoms with van der Waals surface area (Å²) in [4.78, 5) is 15.8. The van der Waals surface area contributed by atoms with E-state index in [9.17, 15) is 4.79 Å². The molecule has 0 aromatic heterocycles. The summed E-state index contributed by atoms with van der Waals surface area (Å²) in [5, 5.41) is 3.99. The quantitative estimate of drug-likeness (QED) is 0.477. The Bertz CT molecular complexity index is 624. The molecule has 0 N–H and O–H groups in total. The molecule has 0 atom stereocenters. The standard InChI is InChI=1S/C19H21NO2/c1-13-5-9-17(10-6-13)19(15(3)20-22-16(4)21)18-11-7-14(2)8-12-18/h5-12,19H,1-4H3/b20-15+. The summed E-state index contributed by atoms with van der Waals surface area (Å²) in [5.41, 5.74) is 5.43. The van der Waals surface area contributed by atoms with Crippen LogP contribution >= 0.6 is 0 Å². The van der Waals surface area contributed by atoms with Crippen LogP contribution in [0, 0.1) is 13.8 Å². The summed E-state index contributed by atoms with van der Waals surface area (Å²) < 4.78 is 0. The van der Waals surface area contributed by atoms with Gasteiger partial charge in [-0.1, -0.05) is 64.8 Å². The molecule has 114 valence electrons. The summed E-state index contributed by atoms with van der Waals surface area (Å²) in [6.07, 6.45) is 0. The molecule has 0 aliphatic rings. The van der Waals surface area contributed by atoms with Gasteiger partial charge in [0, 0.05) is 6.92 Å². The predicted molar refractivity (Wildman–Crippen MR) is 89.1 cm³/mol. The smallest absolute Gasteiger partial charge is 0.319 e. The molecule has 2 aromatic rings. The Morgan fingerprint density at radius 2 is 1.27 bits per heavy atom. The summed E-state index contributed by atoms with van der Waals surface area (Å²) in [6.45, 7) is 7.35. The number of rotatable bonds is 4. The molecule has 0 unspecified atom stereocenters. The maximum Gasteiger partial charge on any atom is 0.331 e. The highest BCUT2D eigenvalue weighted by Crippen LogP contribution is 2.27. The van der Waals surface area contributed by atoms with Gasteiger partial charge in [0.1, 0.15) is 0 Å². The minimum absolute atomic E-state index is 0.0273. The topological polar surface area (TPSA) is 38.7 Å². The molecule has 0 bridgehead atoms. The second-order valence-corrected chi connectivity index (χ2v) is 5.57. The first kappa shape index (κ1) is 16.0. The highest BCUT2D eigenvalue weighted by molar-refractivity contribution is 5.92. The van der Waals surface area contributed by atoms with Crippen molar-refractivity contribution in [3.63, 3.8) is 0 Å². The van der Waals surface area contributed by atoms with Gasteiger partial charge in [0.2, 0.25) is 0 Å². The van der Waals surface area contributed by atoms with Gasteiger partial charge in [0.15, 0.2) is 0 Å². The minimum Gasteiger partial charge on any atom is -0.319 e. The van der Waals surface area contributed by atoms with Gasteiger partial charge in [-0.25, -0.2) is 4.79 Å². The predicted octanol–water partition coefficient (Wildman–Crippen LogP) is 4.37. The molecule has 0 aliphatic heterocycles. The first-order chi connectivity index (χ1) is 10.5. The van der Waals surface area contributed by atoms with Gasteiger partial charge in [0.25, 0.3) is 0 Å². The van der Waals surface area contributed by atoms with E-state index >= 15 is 0 Å². The van der Waals surface area contributed by atoms with Crippen LogP contribution in [0.25, 0.3) is 0 Å². The SMILES string of the molecule is CC(=O)O/N=C(\C)C(c1ccc(C)cc1)c1ccc(C)cc1. The van der Waals surface area contributed by atoms with Gasteiger partial charge in [0.05, 0.1) is 11.6 Å². The van der Waals surface area contributed by atoms with Crippen molar-refractivity contribution in [1.29, 1.82) is 0 Å². The lowest BCUT2D eigenvalue weighted by atomic mass is 9.87. The molecular weight excluding hydrogens is 274 g/mol. The molecule has 22 heavy (non-hydrogen) atoms. The molecule has 3 nitrogen and oxygen atoms in total. The zero-order valence-electron chi connectivity index (χ0n) is 13.5. The van der Waals surface area contributed by atoms with Crippen molar-refractivity contribution in [2.45, 2.75) is 33.6 Å². The van der Waals surface area contributed by atoms with E-state index in [2.05, 4.69) is 67.5 Å². The normalized spacial score (nSPS) is 11.6. The van der Waals surface area contributed by atoms with Crippen LogP contribution in [-0.4, -0.2) is 11.7 Å². The molecule has 2 rings (SSSR count). The Kier molecular flexibility index (Phi) is 5.10. The van der Waals surface area contributed by atoms with Crippen molar-refractivity contribution in [2.75, 3.05) is 0 Å². The Morgan fingerprint density at radius 3 is 1.64 bits per heavy atom. The molecule has 2 aromatic carbocycles. The van der Waals surface area contributed by atoms with Gasteiger partial charge in [-0.3, -0.25) is 0 Å². The molecule has 0 heterocycles. The lowest BCUT2D eigenvalue weighted by Gasteiger charge is -2.18. The third kappa shape index (κ3) is 4.04. The first-order valence-corrected chi connectivity index (χ1v) is 7.32. The Hall–Kier alpha value is -2.42. The van der Waals surface area contributed by atoms with Crippen LogP contribution in [0.1, 0.15) is 42.0 Å². The number of carbonyl (C=O) groups excluding carboxylic acids is 1. The van der Waals surface area contributed by atoms with Gasteiger partial charge in [-0.05, 0) is 31.9 Å². The summed E-state index contributed by atoms with van der Waals surface area (Å²) in [5.74, 6) is -0.438. The van der Waals surface area contributed by atoms with Crippen molar-refractivity contribution in [2.24, 2.45) is 5.16 Å². The van der Waals surface area contributed by atoms with Gasteiger partial charge >= 0.3 is 5.97 Å². The third-order valence-corrected chi connectivity index (χ3v) is 3.56. The number of hydrogen-bond acceptors (Lipinski definition) is 3. The molecule has 0 aliphatic carbocycles. The van der Waals surface area contributed by atoms with Crippen LogP contribution < -0.4 is 0 Å². The molecule has 0 saturated carbocycles. The second kappa shape index (κ2) is 7.03. The molecule has 0 spiro atoms. The average molecular weight is 295 g/mol. The largest absolute Gasteiger partial charge is 0.331 e. The lowest BCUT2D eigenvalue weighted by Crippen LogP contribution is -2.12. The molecule has 0 amide bonds. The maximum absolute atomic E-state index is 11.0. The highest BCUT2D eigenvalue weighted by atomic mass is 16.7. The molecule has 0 saturated heterocycles. The number of oxime groups is 1. The van der Waals surface area contributed by atoms with Crippen LogP contribution in [0.4, 0.5) is 0 Å². The Labute approximate surface area is 131 Å². The van der Waals surface area contributed by atoms with Gasteiger partial charge in [-0.15, -0.1) is 0 Å². The third-order valence-electron chi connectivity index (χ3n) is 3.56.